The average molecular weight is 490 g/mol. The second-order valence-corrected chi connectivity index (χ2v) is 10.7. The molecule has 0 aliphatic carbocycles. The molecule has 0 fully saturated rings. The van der Waals surface area contributed by atoms with Crippen LogP contribution in [0.2, 0.25) is 0 Å². The van der Waals surface area contributed by atoms with E-state index < -0.39 is 5.60 Å². The molecule has 9 heteroatoms. The van der Waals surface area contributed by atoms with E-state index in [1.54, 1.807) is 28.8 Å². The molecule has 0 saturated carbocycles. The van der Waals surface area contributed by atoms with Gasteiger partial charge < -0.3 is 14.8 Å². The van der Waals surface area contributed by atoms with Gasteiger partial charge in [-0.15, -0.1) is 11.3 Å². The zero-order chi connectivity index (χ0) is 24.7. The van der Waals surface area contributed by atoms with Crippen molar-refractivity contribution >= 4 is 39.2 Å². The molecule has 0 radical (unpaired) electrons. The number of benzene rings is 1. The summed E-state index contributed by atoms with van der Waals surface area (Å²) >= 11 is 1.59. The predicted molar refractivity (Wildman–Crippen MR) is 136 cm³/mol. The third-order valence-electron chi connectivity index (χ3n) is 5.56. The number of nitrogens with one attached hydrogen (secondary N) is 1. The van der Waals surface area contributed by atoms with Crippen molar-refractivity contribution < 1.29 is 14.3 Å². The lowest BCUT2D eigenvalue weighted by Gasteiger charge is -2.24. The third-order valence-corrected chi connectivity index (χ3v) is 6.68. The number of ether oxygens (including phenoxy) is 2. The summed E-state index contributed by atoms with van der Waals surface area (Å²) in [5.74, 6) is 2.17. The number of rotatable bonds is 4. The zero-order valence-electron chi connectivity index (χ0n) is 20.4. The van der Waals surface area contributed by atoms with E-state index in [0.29, 0.717) is 24.7 Å². The molecule has 1 aliphatic rings. The highest BCUT2D eigenvalue weighted by atomic mass is 32.1. The van der Waals surface area contributed by atoms with Crippen molar-refractivity contribution in [3.8, 4) is 11.5 Å². The summed E-state index contributed by atoms with van der Waals surface area (Å²) in [4.78, 5) is 29.6. The number of hydrogen-bond donors (Lipinski definition) is 1. The molecule has 8 nitrogen and oxygen atoms in total. The SMILES string of the molecule is Cc1ccc(Oc2ccc(Nc3ncnc4sc5c(c34)CN(C(=O)OC(C)(C)C)C5)cc2C)cn1. The van der Waals surface area contributed by atoms with E-state index in [2.05, 4.69) is 20.3 Å². The summed E-state index contributed by atoms with van der Waals surface area (Å²) < 4.78 is 11.6. The highest BCUT2D eigenvalue weighted by Gasteiger charge is 2.32. The van der Waals surface area contributed by atoms with Crippen molar-refractivity contribution in [1.29, 1.82) is 0 Å². The molecule has 1 aromatic carbocycles. The molecule has 0 saturated heterocycles. The van der Waals surface area contributed by atoms with Gasteiger partial charge in [0.25, 0.3) is 0 Å². The second kappa shape index (κ2) is 8.81. The summed E-state index contributed by atoms with van der Waals surface area (Å²) in [6, 6.07) is 9.73. The first-order valence-corrected chi connectivity index (χ1v) is 12.2. The van der Waals surface area contributed by atoms with Crippen LogP contribution in [-0.4, -0.2) is 31.5 Å². The number of fused-ring (bicyclic) bond motifs is 3. The van der Waals surface area contributed by atoms with Gasteiger partial charge in [0.15, 0.2) is 0 Å². The Morgan fingerprint density at radius 1 is 1.09 bits per heavy atom. The first kappa shape index (κ1) is 23.0. The predicted octanol–water partition coefficient (Wildman–Crippen LogP) is 6.49. The van der Waals surface area contributed by atoms with Crippen LogP contribution in [0.25, 0.3) is 10.2 Å². The quantitative estimate of drug-likeness (QED) is 0.350. The molecule has 1 aliphatic heterocycles. The fourth-order valence-corrected chi connectivity index (χ4v) is 5.09. The standard InChI is InChI=1S/C26H27N5O3S/c1-15-10-17(7-9-20(15)33-18-8-6-16(2)27-11-18)30-23-22-19-12-31(25(32)34-26(3,4)5)13-21(19)35-24(22)29-14-28-23/h6-11,14H,12-13H2,1-5H3,(H,28,29,30). The van der Waals surface area contributed by atoms with Crippen molar-refractivity contribution in [2.24, 2.45) is 0 Å². The van der Waals surface area contributed by atoms with E-state index in [1.165, 1.54) is 0 Å². The molecule has 0 bridgehead atoms. The number of aromatic nitrogens is 3. The molecule has 0 spiro atoms. The summed E-state index contributed by atoms with van der Waals surface area (Å²) in [6.07, 6.45) is 2.97. The zero-order valence-corrected chi connectivity index (χ0v) is 21.2. The molecule has 5 rings (SSSR count). The van der Waals surface area contributed by atoms with E-state index in [9.17, 15) is 4.79 Å². The first-order valence-electron chi connectivity index (χ1n) is 11.4. The van der Waals surface area contributed by atoms with E-state index in [0.717, 1.165) is 43.4 Å². The molecule has 4 heterocycles. The lowest BCUT2D eigenvalue weighted by atomic mass is 10.1. The molecule has 1 N–H and O–H groups in total. The Morgan fingerprint density at radius 3 is 2.63 bits per heavy atom. The van der Waals surface area contributed by atoms with Crippen LogP contribution in [0.1, 0.15) is 42.5 Å². The molecule has 1 amide bonds. The molecule has 4 aromatic rings. The van der Waals surface area contributed by atoms with Crippen LogP contribution >= 0.6 is 11.3 Å². The van der Waals surface area contributed by atoms with Gasteiger partial charge in [-0.25, -0.2) is 14.8 Å². The minimum Gasteiger partial charge on any atom is -0.455 e. The smallest absolute Gasteiger partial charge is 0.410 e. The van der Waals surface area contributed by atoms with Gasteiger partial charge in [0, 0.05) is 21.8 Å². The van der Waals surface area contributed by atoms with Crippen LogP contribution in [0.3, 0.4) is 0 Å². The van der Waals surface area contributed by atoms with Crippen LogP contribution in [0.4, 0.5) is 16.3 Å². The van der Waals surface area contributed by atoms with Crippen LogP contribution < -0.4 is 10.1 Å². The third kappa shape index (κ3) is 4.90. The summed E-state index contributed by atoms with van der Waals surface area (Å²) in [6.45, 7) is 10.6. The van der Waals surface area contributed by atoms with Gasteiger partial charge in [0.1, 0.15) is 34.1 Å². The largest absolute Gasteiger partial charge is 0.455 e. The maximum atomic E-state index is 12.6. The lowest BCUT2D eigenvalue weighted by molar-refractivity contribution is 0.0243. The number of anilines is 2. The van der Waals surface area contributed by atoms with Gasteiger partial charge >= 0.3 is 6.09 Å². The van der Waals surface area contributed by atoms with Crippen LogP contribution in [-0.2, 0) is 17.8 Å². The van der Waals surface area contributed by atoms with Crippen molar-refractivity contribution in [1.82, 2.24) is 19.9 Å². The van der Waals surface area contributed by atoms with Crippen LogP contribution in [0, 0.1) is 13.8 Å². The summed E-state index contributed by atoms with van der Waals surface area (Å²) in [5.41, 5.74) is 3.35. The summed E-state index contributed by atoms with van der Waals surface area (Å²) in [5, 5.41) is 4.38. The Morgan fingerprint density at radius 2 is 1.91 bits per heavy atom. The fourth-order valence-electron chi connectivity index (χ4n) is 3.92. The Hall–Kier alpha value is -3.72. The minimum absolute atomic E-state index is 0.310. The second-order valence-electron chi connectivity index (χ2n) is 9.59. The molecule has 35 heavy (non-hydrogen) atoms. The normalized spacial score (nSPS) is 13.1. The Bertz CT molecular complexity index is 1410. The van der Waals surface area contributed by atoms with Gasteiger partial charge in [0.05, 0.1) is 24.7 Å². The highest BCUT2D eigenvalue weighted by molar-refractivity contribution is 7.19. The van der Waals surface area contributed by atoms with Crippen LogP contribution in [0.5, 0.6) is 11.5 Å². The number of carbonyl (C=O) groups excluding carboxylic acids is 1. The van der Waals surface area contributed by atoms with Gasteiger partial charge in [0.2, 0.25) is 0 Å². The average Bonchev–Trinajstić information content (AvgIpc) is 3.34. The highest BCUT2D eigenvalue weighted by Crippen LogP contribution is 2.40. The molecule has 180 valence electrons. The first-order chi connectivity index (χ1) is 16.7. The van der Waals surface area contributed by atoms with Crippen LogP contribution in [0.15, 0.2) is 42.9 Å². The monoisotopic (exact) mass is 489 g/mol. The van der Waals surface area contributed by atoms with Crippen molar-refractivity contribution in [3.63, 3.8) is 0 Å². The molecule has 3 aromatic heterocycles. The number of thiophene rings is 1. The Labute approximate surface area is 208 Å². The Balaban J connectivity index is 1.37. The topological polar surface area (TPSA) is 89.5 Å². The minimum atomic E-state index is -0.533. The maximum Gasteiger partial charge on any atom is 0.410 e. The maximum absolute atomic E-state index is 12.6. The van der Waals surface area contributed by atoms with Gasteiger partial charge in [-0.05, 0) is 70.5 Å². The number of pyridine rings is 1. The van der Waals surface area contributed by atoms with E-state index in [1.807, 2.05) is 65.0 Å². The molecule has 0 unspecified atom stereocenters. The Kier molecular flexibility index (Phi) is 5.80. The van der Waals surface area contributed by atoms with E-state index in [-0.39, 0.29) is 6.09 Å². The lowest BCUT2D eigenvalue weighted by Crippen LogP contribution is -2.33. The number of amides is 1. The van der Waals surface area contributed by atoms with E-state index >= 15 is 0 Å². The van der Waals surface area contributed by atoms with Crippen molar-refractivity contribution in [2.75, 3.05) is 5.32 Å². The van der Waals surface area contributed by atoms with Gasteiger partial charge in [-0.3, -0.25) is 9.88 Å². The number of hydrogen-bond acceptors (Lipinski definition) is 8. The number of aryl methyl sites for hydroxylation is 2. The van der Waals surface area contributed by atoms with Crippen molar-refractivity contribution in [2.45, 2.75) is 53.3 Å². The summed E-state index contributed by atoms with van der Waals surface area (Å²) in [7, 11) is 0. The molecular weight excluding hydrogens is 462 g/mol. The van der Waals surface area contributed by atoms with E-state index in [4.69, 9.17) is 9.47 Å². The number of nitrogens with zero attached hydrogens (tertiary/aromatic N) is 4. The van der Waals surface area contributed by atoms with Gasteiger partial charge in [-0.1, -0.05) is 0 Å². The fraction of sp³-hybridized carbons (Fsp3) is 0.308. The molecule has 0 atom stereocenters. The van der Waals surface area contributed by atoms with Gasteiger partial charge in [-0.2, -0.15) is 0 Å². The number of carbonyl (C=O) groups is 1. The van der Waals surface area contributed by atoms with Crippen molar-refractivity contribution in [3.05, 3.63) is 64.6 Å². The molecular formula is C26H27N5O3S.